The molecule has 0 aliphatic carbocycles. The summed E-state index contributed by atoms with van der Waals surface area (Å²) in [5.41, 5.74) is 3.07. The summed E-state index contributed by atoms with van der Waals surface area (Å²) in [5, 5.41) is 15.6. The summed E-state index contributed by atoms with van der Waals surface area (Å²) in [6, 6.07) is 25.1. The van der Waals surface area contributed by atoms with Crippen LogP contribution in [0.15, 0.2) is 90.0 Å². The van der Waals surface area contributed by atoms with E-state index in [-0.39, 0.29) is 0 Å². The van der Waals surface area contributed by atoms with Gasteiger partial charge in [0.1, 0.15) is 5.75 Å². The summed E-state index contributed by atoms with van der Waals surface area (Å²) >= 11 is 0. The lowest BCUT2D eigenvalue weighted by molar-refractivity contribution is -0.136. The molecule has 0 radical (unpaired) electrons. The number of amides is 1. The van der Waals surface area contributed by atoms with Crippen molar-refractivity contribution in [2.45, 2.75) is 19.4 Å². The van der Waals surface area contributed by atoms with Crippen LogP contribution in [-0.4, -0.2) is 23.3 Å². The van der Waals surface area contributed by atoms with E-state index in [4.69, 9.17) is 4.74 Å². The SMILES string of the molecule is CCOc1ccc(/C(C)=N\NC(=O)C(O)(c2ccccc2)c2ccccc2)cc1. The third kappa shape index (κ3) is 4.52. The van der Waals surface area contributed by atoms with Crippen molar-refractivity contribution in [3.63, 3.8) is 0 Å². The van der Waals surface area contributed by atoms with E-state index in [0.717, 1.165) is 11.3 Å². The molecule has 2 N–H and O–H groups in total. The zero-order chi connectivity index (χ0) is 20.7. The highest BCUT2D eigenvalue weighted by Crippen LogP contribution is 2.29. The summed E-state index contributed by atoms with van der Waals surface area (Å²) in [6.07, 6.45) is 0. The van der Waals surface area contributed by atoms with E-state index >= 15 is 0 Å². The number of nitrogens with zero attached hydrogens (tertiary/aromatic N) is 1. The van der Waals surface area contributed by atoms with Crippen LogP contribution in [0.5, 0.6) is 5.75 Å². The Morgan fingerprint density at radius 3 is 1.93 bits per heavy atom. The molecule has 0 aliphatic heterocycles. The van der Waals surface area contributed by atoms with Crippen molar-refractivity contribution in [3.05, 3.63) is 102 Å². The number of rotatable bonds is 7. The molecule has 3 aromatic carbocycles. The quantitative estimate of drug-likeness (QED) is 0.477. The minimum absolute atomic E-state index is 0.470. The second kappa shape index (κ2) is 9.17. The van der Waals surface area contributed by atoms with Gasteiger partial charge in [-0.05, 0) is 54.8 Å². The average Bonchev–Trinajstić information content (AvgIpc) is 2.78. The fourth-order valence-electron chi connectivity index (χ4n) is 3.03. The number of nitrogens with one attached hydrogen (secondary N) is 1. The third-order valence-electron chi connectivity index (χ3n) is 4.62. The number of ether oxygens (including phenoxy) is 1. The molecule has 29 heavy (non-hydrogen) atoms. The van der Waals surface area contributed by atoms with Gasteiger partial charge in [-0.25, -0.2) is 5.43 Å². The first-order valence-corrected chi connectivity index (χ1v) is 9.47. The first-order valence-electron chi connectivity index (χ1n) is 9.47. The van der Waals surface area contributed by atoms with Gasteiger partial charge in [0, 0.05) is 0 Å². The summed E-state index contributed by atoms with van der Waals surface area (Å²) < 4.78 is 5.44. The molecule has 0 saturated carbocycles. The molecule has 3 aromatic rings. The molecule has 0 atom stereocenters. The van der Waals surface area contributed by atoms with E-state index in [1.165, 1.54) is 0 Å². The maximum Gasteiger partial charge on any atom is 0.281 e. The highest BCUT2D eigenvalue weighted by atomic mass is 16.5. The smallest absolute Gasteiger partial charge is 0.281 e. The predicted molar refractivity (Wildman–Crippen MR) is 114 cm³/mol. The van der Waals surface area contributed by atoms with Crippen LogP contribution in [0, 0.1) is 0 Å². The van der Waals surface area contributed by atoms with Crippen molar-refractivity contribution in [3.8, 4) is 5.75 Å². The highest BCUT2D eigenvalue weighted by Gasteiger charge is 2.39. The van der Waals surface area contributed by atoms with Crippen LogP contribution in [0.3, 0.4) is 0 Å². The van der Waals surface area contributed by atoms with Gasteiger partial charge in [-0.15, -0.1) is 0 Å². The largest absolute Gasteiger partial charge is 0.494 e. The molecule has 1 amide bonds. The molecule has 0 saturated heterocycles. The van der Waals surface area contributed by atoms with Gasteiger partial charge in [0.15, 0.2) is 5.60 Å². The lowest BCUT2D eigenvalue weighted by atomic mass is 9.85. The van der Waals surface area contributed by atoms with Gasteiger partial charge in [0.2, 0.25) is 0 Å². The zero-order valence-electron chi connectivity index (χ0n) is 16.5. The fourth-order valence-corrected chi connectivity index (χ4v) is 3.03. The van der Waals surface area contributed by atoms with Gasteiger partial charge < -0.3 is 9.84 Å². The van der Waals surface area contributed by atoms with Crippen LogP contribution in [0.1, 0.15) is 30.5 Å². The van der Waals surface area contributed by atoms with E-state index in [2.05, 4.69) is 10.5 Å². The Hall–Kier alpha value is -3.44. The van der Waals surface area contributed by atoms with Gasteiger partial charge in [0.25, 0.3) is 5.91 Å². The van der Waals surface area contributed by atoms with E-state index in [0.29, 0.717) is 23.4 Å². The lowest BCUT2D eigenvalue weighted by Crippen LogP contribution is -2.43. The average molecular weight is 388 g/mol. The van der Waals surface area contributed by atoms with Crippen LogP contribution in [0.2, 0.25) is 0 Å². The number of hydrazone groups is 1. The molecule has 0 bridgehead atoms. The van der Waals surface area contributed by atoms with Gasteiger partial charge in [-0.2, -0.15) is 5.10 Å². The number of benzene rings is 3. The first-order chi connectivity index (χ1) is 14.1. The maximum atomic E-state index is 13.1. The van der Waals surface area contributed by atoms with Crippen molar-refractivity contribution < 1.29 is 14.6 Å². The lowest BCUT2D eigenvalue weighted by Gasteiger charge is -2.27. The molecule has 0 heterocycles. The summed E-state index contributed by atoms with van der Waals surface area (Å²) in [7, 11) is 0. The fraction of sp³-hybridized carbons (Fsp3) is 0.167. The van der Waals surface area contributed by atoms with E-state index in [1.807, 2.05) is 43.3 Å². The normalized spacial score (nSPS) is 11.8. The topological polar surface area (TPSA) is 70.9 Å². The van der Waals surface area contributed by atoms with Gasteiger partial charge in [0.05, 0.1) is 12.3 Å². The Bertz CT molecular complexity index is 929. The van der Waals surface area contributed by atoms with Crippen molar-refractivity contribution in [2.24, 2.45) is 5.10 Å². The third-order valence-corrected chi connectivity index (χ3v) is 4.62. The van der Waals surface area contributed by atoms with Gasteiger partial charge >= 0.3 is 0 Å². The van der Waals surface area contributed by atoms with E-state index in [1.54, 1.807) is 55.5 Å². The van der Waals surface area contributed by atoms with Crippen molar-refractivity contribution >= 4 is 11.6 Å². The monoisotopic (exact) mass is 388 g/mol. The van der Waals surface area contributed by atoms with E-state index < -0.39 is 11.5 Å². The van der Waals surface area contributed by atoms with Crippen LogP contribution in [-0.2, 0) is 10.4 Å². The number of carbonyl (C=O) groups excluding carboxylic acids is 1. The molecular weight excluding hydrogens is 364 g/mol. The molecule has 0 spiro atoms. The summed E-state index contributed by atoms with van der Waals surface area (Å²) in [4.78, 5) is 13.1. The first kappa shape index (κ1) is 20.3. The Morgan fingerprint density at radius 1 is 0.931 bits per heavy atom. The zero-order valence-corrected chi connectivity index (χ0v) is 16.5. The Labute approximate surface area is 170 Å². The molecular formula is C24H24N2O3. The maximum absolute atomic E-state index is 13.1. The molecule has 0 aliphatic rings. The van der Waals surface area contributed by atoms with Gasteiger partial charge in [-0.1, -0.05) is 60.7 Å². The van der Waals surface area contributed by atoms with Crippen molar-refractivity contribution in [1.82, 2.24) is 5.43 Å². The minimum atomic E-state index is -1.86. The van der Waals surface area contributed by atoms with Crippen LogP contribution in [0.4, 0.5) is 0 Å². The predicted octanol–water partition coefficient (Wildman–Crippen LogP) is 3.86. The van der Waals surface area contributed by atoms with Crippen LogP contribution >= 0.6 is 0 Å². The van der Waals surface area contributed by atoms with Crippen LogP contribution in [0.25, 0.3) is 0 Å². The molecule has 3 rings (SSSR count). The molecule has 5 nitrogen and oxygen atoms in total. The summed E-state index contributed by atoms with van der Waals surface area (Å²) in [5.74, 6) is 0.149. The number of aliphatic hydroxyl groups is 1. The minimum Gasteiger partial charge on any atom is -0.494 e. The number of hydrogen-bond acceptors (Lipinski definition) is 4. The second-order valence-corrected chi connectivity index (χ2v) is 6.54. The molecule has 148 valence electrons. The number of hydrogen-bond donors (Lipinski definition) is 2. The highest BCUT2D eigenvalue weighted by molar-refractivity contribution is 6.00. The Kier molecular flexibility index (Phi) is 6.42. The second-order valence-electron chi connectivity index (χ2n) is 6.54. The summed E-state index contributed by atoms with van der Waals surface area (Å²) in [6.45, 7) is 4.32. The standard InChI is InChI=1S/C24H24N2O3/c1-3-29-22-16-14-19(15-17-22)18(2)25-26-23(27)24(28,20-10-6-4-7-11-20)21-12-8-5-9-13-21/h4-17,28H,3H2,1-2H3,(H,26,27)/b25-18-. The molecule has 0 unspecified atom stereocenters. The van der Waals surface area contributed by atoms with Gasteiger partial charge in [-0.3, -0.25) is 4.79 Å². The Morgan fingerprint density at radius 2 is 1.45 bits per heavy atom. The molecule has 5 heteroatoms. The van der Waals surface area contributed by atoms with Crippen molar-refractivity contribution in [2.75, 3.05) is 6.61 Å². The Balaban J connectivity index is 1.86. The van der Waals surface area contributed by atoms with E-state index in [9.17, 15) is 9.90 Å². The van der Waals surface area contributed by atoms with Crippen molar-refractivity contribution in [1.29, 1.82) is 0 Å². The molecule has 0 aromatic heterocycles. The molecule has 0 fully saturated rings. The number of carbonyl (C=O) groups is 1. The van der Waals surface area contributed by atoms with Crippen LogP contribution < -0.4 is 10.2 Å².